The van der Waals surface area contributed by atoms with Crippen LogP contribution < -0.4 is 15.8 Å². The molecule has 4 nitrogen and oxygen atoms in total. The third-order valence-electron chi connectivity index (χ3n) is 3.70. The van der Waals surface area contributed by atoms with Crippen LogP contribution in [0.2, 0.25) is 0 Å². The van der Waals surface area contributed by atoms with Gasteiger partial charge in [-0.1, -0.05) is 6.42 Å². The van der Waals surface area contributed by atoms with Gasteiger partial charge in [0.25, 0.3) is 5.91 Å². The molecule has 6 heteroatoms. The molecule has 2 unspecified atom stereocenters. The van der Waals surface area contributed by atoms with Gasteiger partial charge in [0.2, 0.25) is 0 Å². The van der Waals surface area contributed by atoms with Crippen LogP contribution in [0.3, 0.4) is 0 Å². The highest BCUT2D eigenvalue weighted by Crippen LogP contribution is 2.25. The largest absolute Gasteiger partial charge is 0.497 e. The molecule has 0 radical (unpaired) electrons. The lowest BCUT2D eigenvalue weighted by molar-refractivity contribution is 0.0924. The van der Waals surface area contributed by atoms with Gasteiger partial charge in [-0.2, -0.15) is 0 Å². The predicted molar refractivity (Wildman–Crippen MR) is 77.8 cm³/mol. The van der Waals surface area contributed by atoms with Crippen LogP contribution in [0.1, 0.15) is 29.6 Å². The Kier molecular flexibility index (Phi) is 6.23. The fourth-order valence-corrected chi connectivity index (χ4v) is 2.56. The maximum Gasteiger partial charge on any atom is 0.254 e. The van der Waals surface area contributed by atoms with Gasteiger partial charge >= 0.3 is 0 Å². The van der Waals surface area contributed by atoms with E-state index in [1.54, 1.807) is 6.07 Å². The van der Waals surface area contributed by atoms with E-state index in [-0.39, 0.29) is 29.9 Å². The maximum absolute atomic E-state index is 13.8. The van der Waals surface area contributed by atoms with Crippen molar-refractivity contribution in [2.24, 2.45) is 11.7 Å². The van der Waals surface area contributed by atoms with Gasteiger partial charge in [0, 0.05) is 12.1 Å². The maximum atomic E-state index is 13.8. The first-order chi connectivity index (χ1) is 9.15. The van der Waals surface area contributed by atoms with Crippen molar-refractivity contribution in [1.82, 2.24) is 5.32 Å². The number of carbonyl (C=O) groups excluding carboxylic acids is 1. The van der Waals surface area contributed by atoms with Crippen molar-refractivity contribution >= 4 is 18.3 Å². The normalized spacial score (nSPS) is 21.1. The van der Waals surface area contributed by atoms with E-state index in [0.717, 1.165) is 19.3 Å². The first kappa shape index (κ1) is 16.7. The van der Waals surface area contributed by atoms with E-state index in [4.69, 9.17) is 10.5 Å². The Balaban J connectivity index is 0.00000200. The summed E-state index contributed by atoms with van der Waals surface area (Å²) in [6.45, 7) is 0.552. The number of hydrogen-bond donors (Lipinski definition) is 2. The summed E-state index contributed by atoms with van der Waals surface area (Å²) < 4.78 is 18.7. The predicted octanol–water partition coefficient (Wildman–Crippen LogP) is 2.11. The molecule has 1 aromatic carbocycles. The topological polar surface area (TPSA) is 64.3 Å². The minimum Gasteiger partial charge on any atom is -0.497 e. The summed E-state index contributed by atoms with van der Waals surface area (Å²) in [5, 5.41) is 2.87. The number of rotatable bonds is 4. The summed E-state index contributed by atoms with van der Waals surface area (Å²) in [6.07, 6.45) is 2.98. The molecule has 2 atom stereocenters. The lowest BCUT2D eigenvalue weighted by atomic mass is 10.0. The number of hydrogen-bond acceptors (Lipinski definition) is 3. The average molecular weight is 303 g/mol. The zero-order valence-electron chi connectivity index (χ0n) is 11.4. The molecule has 112 valence electrons. The first-order valence-electron chi connectivity index (χ1n) is 6.50. The second kappa shape index (κ2) is 7.45. The van der Waals surface area contributed by atoms with Crippen LogP contribution in [-0.2, 0) is 0 Å². The van der Waals surface area contributed by atoms with E-state index in [1.165, 1.54) is 19.2 Å². The Labute approximate surface area is 124 Å². The number of amides is 1. The van der Waals surface area contributed by atoms with Crippen LogP contribution in [0.5, 0.6) is 5.75 Å². The molecule has 0 spiro atoms. The second-order valence-electron chi connectivity index (χ2n) is 4.85. The summed E-state index contributed by atoms with van der Waals surface area (Å²) in [7, 11) is 1.46. The Bertz CT molecular complexity index is 470. The van der Waals surface area contributed by atoms with Gasteiger partial charge in [0.1, 0.15) is 11.6 Å². The SMILES string of the molecule is COc1ccc(C(=O)NC2CCCC2CN)c(F)c1.Cl. The van der Waals surface area contributed by atoms with Gasteiger partial charge in [-0.15, -0.1) is 12.4 Å². The molecule has 1 saturated carbocycles. The van der Waals surface area contributed by atoms with E-state index in [2.05, 4.69) is 5.32 Å². The van der Waals surface area contributed by atoms with Crippen LogP contribution in [0.15, 0.2) is 18.2 Å². The smallest absolute Gasteiger partial charge is 0.254 e. The fourth-order valence-electron chi connectivity index (χ4n) is 2.56. The Morgan fingerprint density at radius 1 is 1.50 bits per heavy atom. The molecule has 0 aliphatic heterocycles. The third-order valence-corrected chi connectivity index (χ3v) is 3.70. The minimum atomic E-state index is -0.570. The molecule has 20 heavy (non-hydrogen) atoms. The monoisotopic (exact) mass is 302 g/mol. The molecule has 0 heterocycles. The lowest BCUT2D eigenvalue weighted by Gasteiger charge is -2.19. The minimum absolute atomic E-state index is 0. The quantitative estimate of drug-likeness (QED) is 0.895. The molecule has 0 bridgehead atoms. The van der Waals surface area contributed by atoms with Gasteiger partial charge < -0.3 is 15.8 Å². The van der Waals surface area contributed by atoms with Crippen molar-refractivity contribution in [2.45, 2.75) is 25.3 Å². The van der Waals surface area contributed by atoms with Crippen LogP contribution in [-0.4, -0.2) is 25.6 Å². The number of carbonyl (C=O) groups is 1. The van der Waals surface area contributed by atoms with E-state index in [1.807, 2.05) is 0 Å². The summed E-state index contributed by atoms with van der Waals surface area (Å²) in [5.41, 5.74) is 5.71. The summed E-state index contributed by atoms with van der Waals surface area (Å²) >= 11 is 0. The van der Waals surface area contributed by atoms with E-state index >= 15 is 0 Å². The van der Waals surface area contributed by atoms with Gasteiger partial charge in [0.05, 0.1) is 12.7 Å². The van der Waals surface area contributed by atoms with Crippen molar-refractivity contribution in [3.63, 3.8) is 0 Å². The summed E-state index contributed by atoms with van der Waals surface area (Å²) in [6, 6.07) is 4.28. The van der Waals surface area contributed by atoms with Crippen LogP contribution >= 0.6 is 12.4 Å². The second-order valence-corrected chi connectivity index (χ2v) is 4.85. The zero-order valence-corrected chi connectivity index (χ0v) is 12.2. The highest BCUT2D eigenvalue weighted by atomic mass is 35.5. The fraction of sp³-hybridized carbons (Fsp3) is 0.500. The van der Waals surface area contributed by atoms with Crippen molar-refractivity contribution < 1.29 is 13.9 Å². The third kappa shape index (κ3) is 3.61. The molecule has 1 fully saturated rings. The number of ether oxygens (including phenoxy) is 1. The average Bonchev–Trinajstić information content (AvgIpc) is 2.85. The standard InChI is InChI=1S/C14H19FN2O2.ClH/c1-19-10-5-6-11(12(15)7-10)14(18)17-13-4-2-3-9(13)8-16;/h5-7,9,13H,2-4,8,16H2,1H3,(H,17,18);1H. The molecule has 1 aromatic rings. The molecule has 3 N–H and O–H groups in total. The van der Waals surface area contributed by atoms with Crippen LogP contribution in [0.4, 0.5) is 4.39 Å². The molecular weight excluding hydrogens is 283 g/mol. The van der Waals surface area contributed by atoms with Crippen molar-refractivity contribution in [2.75, 3.05) is 13.7 Å². The zero-order chi connectivity index (χ0) is 13.8. The number of halogens is 2. The molecular formula is C14H20ClFN2O2. The number of benzene rings is 1. The van der Waals surface area contributed by atoms with Crippen molar-refractivity contribution in [3.05, 3.63) is 29.6 Å². The Morgan fingerprint density at radius 2 is 2.25 bits per heavy atom. The van der Waals surface area contributed by atoms with Crippen LogP contribution in [0.25, 0.3) is 0 Å². The first-order valence-corrected chi connectivity index (χ1v) is 6.50. The van der Waals surface area contributed by atoms with E-state index in [9.17, 15) is 9.18 Å². The van der Waals surface area contributed by atoms with Crippen molar-refractivity contribution in [3.8, 4) is 5.75 Å². The number of nitrogens with two attached hydrogens (primary N) is 1. The summed E-state index contributed by atoms with van der Waals surface area (Å²) in [4.78, 5) is 12.0. The van der Waals surface area contributed by atoms with Crippen LogP contribution in [0, 0.1) is 11.7 Å². The van der Waals surface area contributed by atoms with Gasteiger partial charge in [-0.3, -0.25) is 4.79 Å². The highest BCUT2D eigenvalue weighted by Gasteiger charge is 2.28. The molecule has 1 aliphatic rings. The highest BCUT2D eigenvalue weighted by molar-refractivity contribution is 5.94. The lowest BCUT2D eigenvalue weighted by Crippen LogP contribution is -2.40. The van der Waals surface area contributed by atoms with E-state index in [0.29, 0.717) is 18.2 Å². The van der Waals surface area contributed by atoms with Crippen molar-refractivity contribution in [1.29, 1.82) is 0 Å². The molecule has 1 aliphatic carbocycles. The molecule has 0 saturated heterocycles. The van der Waals surface area contributed by atoms with Gasteiger partial charge in [0.15, 0.2) is 0 Å². The Hall–Kier alpha value is -1.33. The number of nitrogens with one attached hydrogen (secondary N) is 1. The van der Waals surface area contributed by atoms with E-state index < -0.39 is 5.82 Å². The Morgan fingerprint density at radius 3 is 2.85 bits per heavy atom. The summed E-state index contributed by atoms with van der Waals surface area (Å²) in [5.74, 6) is -0.260. The number of methoxy groups -OCH3 is 1. The molecule has 0 aromatic heterocycles. The molecule has 2 rings (SSSR count). The van der Waals surface area contributed by atoms with Gasteiger partial charge in [-0.05, 0) is 37.4 Å². The van der Waals surface area contributed by atoms with Gasteiger partial charge in [-0.25, -0.2) is 4.39 Å². The molecule has 1 amide bonds.